The number of nitro groups is 1. The maximum Gasteiger partial charge on any atom is 0.311 e. The van der Waals surface area contributed by atoms with Crippen molar-refractivity contribution in [2.45, 2.75) is 40.8 Å². The van der Waals surface area contributed by atoms with Gasteiger partial charge in [-0.15, -0.1) is 0 Å². The molecule has 10 heteroatoms. The number of nitro benzene ring substituents is 1. The molecular formula is C25H29N5O5. The standard InChI is InChI=1S/C25H29N5O5/c1-5-29-14-20(23(28-29)25(32)26-13-16(2)3)27-24(31)19-8-6-7-18(12-19)15-35-22-10-9-17(4)11-21(22)30(33)34/h6-12,14,16H,5,13,15H2,1-4H3,(H,26,32)(H,27,31). The lowest BCUT2D eigenvalue weighted by molar-refractivity contribution is -0.386. The van der Waals surface area contributed by atoms with Crippen LogP contribution in [0.15, 0.2) is 48.7 Å². The minimum Gasteiger partial charge on any atom is -0.482 e. The molecule has 184 valence electrons. The van der Waals surface area contributed by atoms with E-state index in [-0.39, 0.29) is 35.6 Å². The van der Waals surface area contributed by atoms with Crippen molar-refractivity contribution in [3.8, 4) is 5.75 Å². The summed E-state index contributed by atoms with van der Waals surface area (Å²) >= 11 is 0. The summed E-state index contributed by atoms with van der Waals surface area (Å²) in [6.07, 6.45) is 1.62. The fourth-order valence-electron chi connectivity index (χ4n) is 3.27. The predicted octanol–water partition coefficient (Wildman–Crippen LogP) is 4.34. The van der Waals surface area contributed by atoms with Gasteiger partial charge in [0, 0.05) is 30.9 Å². The van der Waals surface area contributed by atoms with Crippen LogP contribution in [0.5, 0.6) is 5.75 Å². The Morgan fingerprint density at radius 3 is 2.63 bits per heavy atom. The Morgan fingerprint density at radius 2 is 1.94 bits per heavy atom. The maximum atomic E-state index is 12.9. The molecular weight excluding hydrogens is 450 g/mol. The fraction of sp³-hybridized carbons (Fsp3) is 0.320. The van der Waals surface area contributed by atoms with Crippen LogP contribution in [-0.2, 0) is 13.2 Å². The Morgan fingerprint density at radius 1 is 1.17 bits per heavy atom. The summed E-state index contributed by atoms with van der Waals surface area (Å²) in [4.78, 5) is 36.4. The fourth-order valence-corrected chi connectivity index (χ4v) is 3.27. The number of hydrogen-bond acceptors (Lipinski definition) is 6. The monoisotopic (exact) mass is 479 g/mol. The summed E-state index contributed by atoms with van der Waals surface area (Å²) in [7, 11) is 0. The van der Waals surface area contributed by atoms with Gasteiger partial charge in [0.05, 0.1) is 10.6 Å². The highest BCUT2D eigenvalue weighted by Crippen LogP contribution is 2.28. The number of hydrogen-bond donors (Lipinski definition) is 2. The van der Waals surface area contributed by atoms with Crippen LogP contribution in [-0.4, -0.2) is 33.1 Å². The molecule has 2 amide bonds. The number of aromatic nitrogens is 2. The minimum absolute atomic E-state index is 0.0433. The second-order valence-corrected chi connectivity index (χ2v) is 8.52. The van der Waals surface area contributed by atoms with Gasteiger partial charge in [0.2, 0.25) is 0 Å². The lowest BCUT2D eigenvalue weighted by Gasteiger charge is -2.10. The molecule has 35 heavy (non-hydrogen) atoms. The van der Waals surface area contributed by atoms with E-state index in [0.29, 0.717) is 29.9 Å². The smallest absolute Gasteiger partial charge is 0.311 e. The van der Waals surface area contributed by atoms with Crippen molar-refractivity contribution in [1.29, 1.82) is 0 Å². The van der Waals surface area contributed by atoms with Gasteiger partial charge in [-0.2, -0.15) is 5.10 Å². The van der Waals surface area contributed by atoms with Gasteiger partial charge in [-0.05, 0) is 49.1 Å². The van der Waals surface area contributed by atoms with Crippen LogP contribution in [0.25, 0.3) is 0 Å². The molecule has 0 atom stereocenters. The number of nitrogens with zero attached hydrogens (tertiary/aromatic N) is 3. The first-order valence-corrected chi connectivity index (χ1v) is 11.3. The van der Waals surface area contributed by atoms with Gasteiger partial charge in [-0.1, -0.05) is 32.0 Å². The van der Waals surface area contributed by atoms with Crippen molar-refractivity contribution in [3.63, 3.8) is 0 Å². The molecule has 0 fully saturated rings. The summed E-state index contributed by atoms with van der Waals surface area (Å²) in [5.41, 5.74) is 2.11. The van der Waals surface area contributed by atoms with Gasteiger partial charge < -0.3 is 15.4 Å². The van der Waals surface area contributed by atoms with Crippen molar-refractivity contribution in [1.82, 2.24) is 15.1 Å². The molecule has 0 radical (unpaired) electrons. The van der Waals surface area contributed by atoms with E-state index in [1.165, 1.54) is 6.07 Å². The number of anilines is 1. The highest BCUT2D eigenvalue weighted by atomic mass is 16.6. The van der Waals surface area contributed by atoms with Crippen molar-refractivity contribution < 1.29 is 19.2 Å². The van der Waals surface area contributed by atoms with Gasteiger partial charge in [0.25, 0.3) is 11.8 Å². The van der Waals surface area contributed by atoms with Crippen LogP contribution in [0, 0.1) is 23.0 Å². The first kappa shape index (κ1) is 25.4. The molecule has 3 rings (SSSR count). The molecule has 0 aliphatic rings. The number of aryl methyl sites for hydroxylation is 2. The molecule has 0 spiro atoms. The van der Waals surface area contributed by atoms with Crippen molar-refractivity contribution >= 4 is 23.2 Å². The molecule has 0 aliphatic heterocycles. The van der Waals surface area contributed by atoms with E-state index in [0.717, 1.165) is 5.56 Å². The number of amides is 2. The number of rotatable bonds is 10. The van der Waals surface area contributed by atoms with Gasteiger partial charge in [-0.25, -0.2) is 0 Å². The molecule has 3 aromatic rings. The topological polar surface area (TPSA) is 128 Å². The summed E-state index contributed by atoms with van der Waals surface area (Å²) in [5, 5.41) is 21.2. The van der Waals surface area contributed by atoms with E-state index in [4.69, 9.17) is 4.74 Å². The lowest BCUT2D eigenvalue weighted by Crippen LogP contribution is -2.28. The molecule has 2 aromatic carbocycles. The predicted molar refractivity (Wildman–Crippen MR) is 132 cm³/mol. The Kier molecular flexibility index (Phi) is 8.19. The Labute approximate surface area is 203 Å². The zero-order valence-corrected chi connectivity index (χ0v) is 20.2. The van der Waals surface area contributed by atoms with E-state index in [9.17, 15) is 19.7 Å². The SMILES string of the molecule is CCn1cc(NC(=O)c2cccc(COc3ccc(C)cc3[N+](=O)[O-])c2)c(C(=O)NCC(C)C)n1. The summed E-state index contributed by atoms with van der Waals surface area (Å²) in [6.45, 7) is 8.70. The Bertz CT molecular complexity index is 1230. The van der Waals surface area contributed by atoms with Crippen molar-refractivity contribution in [3.05, 3.63) is 81.2 Å². The van der Waals surface area contributed by atoms with Gasteiger partial charge >= 0.3 is 5.69 Å². The van der Waals surface area contributed by atoms with E-state index in [2.05, 4.69) is 15.7 Å². The van der Waals surface area contributed by atoms with Gasteiger partial charge in [0.1, 0.15) is 6.61 Å². The van der Waals surface area contributed by atoms with Crippen LogP contribution in [0.2, 0.25) is 0 Å². The zero-order valence-electron chi connectivity index (χ0n) is 20.2. The molecule has 0 unspecified atom stereocenters. The van der Waals surface area contributed by atoms with E-state index >= 15 is 0 Å². The summed E-state index contributed by atoms with van der Waals surface area (Å²) < 4.78 is 7.25. The summed E-state index contributed by atoms with van der Waals surface area (Å²) in [5.74, 6) is -0.346. The third-order valence-electron chi connectivity index (χ3n) is 5.11. The normalized spacial score (nSPS) is 10.8. The average molecular weight is 480 g/mol. The van der Waals surface area contributed by atoms with Crippen LogP contribution >= 0.6 is 0 Å². The quantitative estimate of drug-likeness (QED) is 0.329. The molecule has 0 saturated carbocycles. The van der Waals surface area contributed by atoms with Crippen molar-refractivity contribution in [2.24, 2.45) is 5.92 Å². The van der Waals surface area contributed by atoms with E-state index in [1.807, 2.05) is 20.8 Å². The van der Waals surface area contributed by atoms with Gasteiger partial charge in [0.15, 0.2) is 11.4 Å². The number of nitrogens with one attached hydrogen (secondary N) is 2. The second kappa shape index (κ2) is 11.3. The number of benzene rings is 2. The third-order valence-corrected chi connectivity index (χ3v) is 5.11. The third kappa shape index (κ3) is 6.66. The number of ether oxygens (including phenoxy) is 1. The number of carbonyl (C=O) groups is 2. The van der Waals surface area contributed by atoms with Crippen LogP contribution in [0.1, 0.15) is 52.7 Å². The van der Waals surface area contributed by atoms with Crippen molar-refractivity contribution in [2.75, 3.05) is 11.9 Å². The first-order chi connectivity index (χ1) is 16.7. The average Bonchev–Trinajstić information content (AvgIpc) is 3.24. The number of carbonyl (C=O) groups excluding carboxylic acids is 2. The minimum atomic E-state index is -0.489. The molecule has 0 bridgehead atoms. The second-order valence-electron chi connectivity index (χ2n) is 8.52. The zero-order chi connectivity index (χ0) is 25.5. The molecule has 2 N–H and O–H groups in total. The Balaban J connectivity index is 1.74. The summed E-state index contributed by atoms with van der Waals surface area (Å²) in [6, 6.07) is 11.5. The maximum absolute atomic E-state index is 12.9. The molecule has 1 heterocycles. The van der Waals surface area contributed by atoms with E-state index < -0.39 is 10.8 Å². The van der Waals surface area contributed by atoms with Gasteiger partial charge in [-0.3, -0.25) is 24.4 Å². The largest absolute Gasteiger partial charge is 0.482 e. The molecule has 10 nitrogen and oxygen atoms in total. The molecule has 1 aromatic heterocycles. The Hall–Kier alpha value is -4.21. The molecule has 0 saturated heterocycles. The highest BCUT2D eigenvalue weighted by molar-refractivity contribution is 6.08. The molecule has 0 aliphatic carbocycles. The lowest BCUT2D eigenvalue weighted by atomic mass is 10.1. The highest BCUT2D eigenvalue weighted by Gasteiger charge is 2.20. The van der Waals surface area contributed by atoms with Crippen LogP contribution in [0.4, 0.5) is 11.4 Å². The first-order valence-electron chi connectivity index (χ1n) is 11.3. The van der Waals surface area contributed by atoms with E-state index in [1.54, 1.807) is 54.2 Å². The van der Waals surface area contributed by atoms with Crippen LogP contribution < -0.4 is 15.4 Å². The van der Waals surface area contributed by atoms with Crippen LogP contribution in [0.3, 0.4) is 0 Å².